The number of nitrogens with zero attached hydrogens (tertiary/aromatic N) is 2. The van der Waals surface area contributed by atoms with Crippen LogP contribution in [-0.2, 0) is 17.8 Å². The summed E-state index contributed by atoms with van der Waals surface area (Å²) in [5.74, 6) is -0.556. The second kappa shape index (κ2) is 10.9. The van der Waals surface area contributed by atoms with Crippen LogP contribution in [0.5, 0.6) is 0 Å². The van der Waals surface area contributed by atoms with Gasteiger partial charge in [-0.2, -0.15) is 0 Å². The number of nitrogens with one attached hydrogen (secondary N) is 1. The van der Waals surface area contributed by atoms with Gasteiger partial charge < -0.3 is 10.2 Å². The van der Waals surface area contributed by atoms with E-state index in [-0.39, 0.29) is 17.6 Å². The summed E-state index contributed by atoms with van der Waals surface area (Å²) in [4.78, 5) is 30.2. The molecule has 1 heterocycles. The van der Waals surface area contributed by atoms with Crippen LogP contribution in [-0.4, -0.2) is 53.8 Å². The molecule has 0 bridgehead atoms. The molecule has 1 aliphatic heterocycles. The fourth-order valence-corrected chi connectivity index (χ4v) is 4.10. The van der Waals surface area contributed by atoms with Crippen LogP contribution in [0.25, 0.3) is 0 Å². The highest BCUT2D eigenvalue weighted by molar-refractivity contribution is 5.97. The zero-order valence-electron chi connectivity index (χ0n) is 18.5. The van der Waals surface area contributed by atoms with E-state index in [1.807, 2.05) is 42.5 Å². The van der Waals surface area contributed by atoms with E-state index < -0.39 is 6.04 Å². The molecule has 1 N–H and O–H groups in total. The van der Waals surface area contributed by atoms with Crippen molar-refractivity contribution >= 4 is 11.8 Å². The maximum absolute atomic E-state index is 14.0. The van der Waals surface area contributed by atoms with E-state index >= 15 is 0 Å². The SMILES string of the molecule is O=C(NC(Cc1ccccc1)C(=O)N1CCN(Cc2ccccc2F)CC1)c1ccccc1. The molecule has 33 heavy (non-hydrogen) atoms. The molecule has 5 nitrogen and oxygen atoms in total. The Morgan fingerprint density at radius 2 is 1.42 bits per heavy atom. The Morgan fingerprint density at radius 1 is 0.818 bits per heavy atom. The van der Waals surface area contributed by atoms with Crippen LogP contribution in [0, 0.1) is 5.82 Å². The Kier molecular flexibility index (Phi) is 7.47. The third-order valence-electron chi connectivity index (χ3n) is 5.96. The predicted octanol–water partition coefficient (Wildman–Crippen LogP) is 3.51. The number of halogens is 1. The van der Waals surface area contributed by atoms with Gasteiger partial charge in [0.15, 0.2) is 0 Å². The standard InChI is InChI=1S/C27H28FN3O2/c28-24-14-8-7-13-23(24)20-30-15-17-31(18-16-30)27(33)25(19-21-9-3-1-4-10-21)29-26(32)22-11-5-2-6-12-22/h1-14,25H,15-20H2,(H,29,32). The Labute approximate surface area is 193 Å². The van der Waals surface area contributed by atoms with E-state index in [1.54, 1.807) is 41.3 Å². The summed E-state index contributed by atoms with van der Waals surface area (Å²) in [5.41, 5.74) is 2.18. The summed E-state index contributed by atoms with van der Waals surface area (Å²) in [5, 5.41) is 2.94. The predicted molar refractivity (Wildman–Crippen MR) is 126 cm³/mol. The van der Waals surface area contributed by atoms with Crippen LogP contribution >= 0.6 is 0 Å². The highest BCUT2D eigenvalue weighted by Crippen LogP contribution is 2.14. The Bertz CT molecular complexity index is 1070. The molecule has 0 aliphatic carbocycles. The average molecular weight is 446 g/mol. The quantitative estimate of drug-likeness (QED) is 0.606. The van der Waals surface area contributed by atoms with Crippen molar-refractivity contribution < 1.29 is 14.0 Å². The molecule has 1 aliphatic rings. The number of hydrogen-bond donors (Lipinski definition) is 1. The second-order valence-electron chi connectivity index (χ2n) is 8.27. The minimum absolute atomic E-state index is 0.0892. The van der Waals surface area contributed by atoms with Gasteiger partial charge in [-0.25, -0.2) is 4.39 Å². The lowest BCUT2D eigenvalue weighted by molar-refractivity contribution is -0.135. The molecule has 0 spiro atoms. The van der Waals surface area contributed by atoms with E-state index in [9.17, 15) is 14.0 Å². The van der Waals surface area contributed by atoms with Crippen LogP contribution in [0.2, 0.25) is 0 Å². The normalized spacial score (nSPS) is 15.1. The topological polar surface area (TPSA) is 52.7 Å². The monoisotopic (exact) mass is 445 g/mol. The van der Waals surface area contributed by atoms with Crippen molar-refractivity contribution in [3.63, 3.8) is 0 Å². The van der Waals surface area contributed by atoms with Gasteiger partial charge in [0.05, 0.1) is 0 Å². The summed E-state index contributed by atoms with van der Waals surface area (Å²) in [7, 11) is 0. The largest absolute Gasteiger partial charge is 0.340 e. The van der Waals surface area contributed by atoms with Gasteiger partial charge >= 0.3 is 0 Å². The molecule has 1 fully saturated rings. The molecule has 1 atom stereocenters. The Hall–Kier alpha value is -3.51. The first kappa shape index (κ1) is 22.7. The van der Waals surface area contributed by atoms with E-state index in [0.29, 0.717) is 50.3 Å². The van der Waals surface area contributed by atoms with Gasteiger partial charge in [0.2, 0.25) is 5.91 Å². The minimum atomic E-state index is -0.654. The maximum atomic E-state index is 14.0. The summed E-state index contributed by atoms with van der Waals surface area (Å²) >= 11 is 0. The van der Waals surface area contributed by atoms with E-state index in [1.165, 1.54) is 6.07 Å². The van der Waals surface area contributed by atoms with Crippen molar-refractivity contribution in [3.8, 4) is 0 Å². The highest BCUT2D eigenvalue weighted by atomic mass is 19.1. The van der Waals surface area contributed by atoms with Gasteiger partial charge in [-0.05, 0) is 23.8 Å². The average Bonchev–Trinajstić information content (AvgIpc) is 2.86. The number of amides is 2. The van der Waals surface area contributed by atoms with Crippen LogP contribution in [0.4, 0.5) is 4.39 Å². The Morgan fingerprint density at radius 3 is 2.09 bits per heavy atom. The van der Waals surface area contributed by atoms with Crippen molar-refractivity contribution in [2.24, 2.45) is 0 Å². The van der Waals surface area contributed by atoms with Crippen LogP contribution in [0.15, 0.2) is 84.9 Å². The molecule has 1 saturated heterocycles. The number of rotatable bonds is 7. The van der Waals surface area contributed by atoms with Gasteiger partial charge in [0.1, 0.15) is 11.9 Å². The minimum Gasteiger partial charge on any atom is -0.340 e. The van der Waals surface area contributed by atoms with Crippen molar-refractivity contribution in [3.05, 3.63) is 107 Å². The zero-order chi connectivity index (χ0) is 23.0. The van der Waals surface area contributed by atoms with Gasteiger partial charge in [0.25, 0.3) is 5.91 Å². The number of carbonyl (C=O) groups is 2. The molecule has 3 aromatic carbocycles. The van der Waals surface area contributed by atoms with Gasteiger partial charge in [-0.3, -0.25) is 14.5 Å². The number of hydrogen-bond acceptors (Lipinski definition) is 3. The molecule has 4 rings (SSSR count). The van der Waals surface area contributed by atoms with Gasteiger partial charge in [-0.15, -0.1) is 0 Å². The van der Waals surface area contributed by atoms with E-state index in [4.69, 9.17) is 0 Å². The first-order chi connectivity index (χ1) is 16.1. The lowest BCUT2D eigenvalue weighted by Gasteiger charge is -2.36. The smallest absolute Gasteiger partial charge is 0.251 e. The third-order valence-corrected chi connectivity index (χ3v) is 5.96. The summed E-state index contributed by atoms with van der Waals surface area (Å²) in [6, 6.07) is 24.8. The van der Waals surface area contributed by atoms with E-state index in [2.05, 4.69) is 10.2 Å². The molecule has 0 aromatic heterocycles. The zero-order valence-corrected chi connectivity index (χ0v) is 18.5. The molecular formula is C27H28FN3O2. The first-order valence-corrected chi connectivity index (χ1v) is 11.2. The fourth-order valence-electron chi connectivity index (χ4n) is 4.10. The van der Waals surface area contributed by atoms with Crippen molar-refractivity contribution in [1.82, 2.24) is 15.1 Å². The van der Waals surface area contributed by atoms with Crippen LogP contribution in [0.3, 0.4) is 0 Å². The third kappa shape index (κ3) is 6.05. The highest BCUT2D eigenvalue weighted by Gasteiger charge is 2.29. The molecule has 1 unspecified atom stereocenters. The summed E-state index contributed by atoms with van der Waals surface area (Å²) in [6.07, 6.45) is 0.424. The molecular weight excluding hydrogens is 417 g/mol. The molecule has 170 valence electrons. The van der Waals surface area contributed by atoms with Crippen molar-refractivity contribution in [1.29, 1.82) is 0 Å². The second-order valence-corrected chi connectivity index (χ2v) is 8.27. The lowest BCUT2D eigenvalue weighted by atomic mass is 10.0. The molecule has 0 saturated carbocycles. The molecule has 3 aromatic rings. The molecule has 6 heteroatoms. The summed E-state index contributed by atoms with van der Waals surface area (Å²) < 4.78 is 14.0. The van der Waals surface area contributed by atoms with Gasteiger partial charge in [-0.1, -0.05) is 66.7 Å². The number of piperazine rings is 1. The van der Waals surface area contributed by atoms with Gasteiger partial charge in [0, 0.05) is 50.3 Å². The first-order valence-electron chi connectivity index (χ1n) is 11.2. The molecule has 0 radical (unpaired) electrons. The Balaban J connectivity index is 1.41. The maximum Gasteiger partial charge on any atom is 0.251 e. The van der Waals surface area contributed by atoms with Crippen LogP contribution < -0.4 is 5.32 Å². The van der Waals surface area contributed by atoms with E-state index in [0.717, 1.165) is 5.56 Å². The lowest BCUT2D eigenvalue weighted by Crippen LogP contribution is -2.55. The van der Waals surface area contributed by atoms with Crippen molar-refractivity contribution in [2.45, 2.75) is 19.0 Å². The number of carbonyl (C=O) groups excluding carboxylic acids is 2. The summed E-state index contributed by atoms with van der Waals surface area (Å²) in [6.45, 7) is 2.92. The van der Waals surface area contributed by atoms with Crippen LogP contribution in [0.1, 0.15) is 21.5 Å². The molecule has 2 amide bonds. The fraction of sp³-hybridized carbons (Fsp3) is 0.259. The van der Waals surface area contributed by atoms with Crippen molar-refractivity contribution in [2.75, 3.05) is 26.2 Å². The number of benzene rings is 3.